The molecule has 0 fully saturated rings. The maximum Gasteiger partial charge on any atom is 0.326 e. The number of ether oxygens (including phenoxy) is 2. The first-order valence-corrected chi connectivity index (χ1v) is 7.17. The molecular weight excluding hydrogens is 284 g/mol. The Morgan fingerprint density at radius 2 is 2.00 bits per heavy atom. The second-order valence-corrected chi connectivity index (χ2v) is 4.67. The van der Waals surface area contributed by atoms with Crippen LogP contribution >= 0.6 is 0 Å². The molecule has 0 aliphatic carbocycles. The van der Waals surface area contributed by atoms with Gasteiger partial charge in [-0.05, 0) is 37.6 Å². The van der Waals surface area contributed by atoms with Crippen LogP contribution in [-0.2, 0) is 9.53 Å². The third-order valence-electron chi connectivity index (χ3n) is 2.77. The van der Waals surface area contributed by atoms with Gasteiger partial charge in [-0.25, -0.2) is 0 Å². The van der Waals surface area contributed by atoms with E-state index < -0.39 is 12.1 Å². The molecule has 22 heavy (non-hydrogen) atoms. The average molecular weight is 304 g/mol. The number of nitrogens with one attached hydrogen (secondary N) is 1. The number of hydrogen-bond donors (Lipinski definition) is 1. The lowest BCUT2D eigenvalue weighted by Gasteiger charge is -2.08. The molecule has 0 heterocycles. The van der Waals surface area contributed by atoms with Gasteiger partial charge < -0.3 is 14.8 Å². The van der Waals surface area contributed by atoms with Gasteiger partial charge in [0, 0.05) is 5.56 Å². The summed E-state index contributed by atoms with van der Waals surface area (Å²) in [5, 5.41) is 11.0. The molecule has 1 N–H and O–H groups in total. The highest BCUT2D eigenvalue weighted by atomic mass is 16.5. The second kappa shape index (κ2) is 9.40. The fourth-order valence-corrected chi connectivity index (χ4v) is 1.56. The topological polar surface area (TPSA) is 88.4 Å². The molecule has 0 saturated carbocycles. The van der Waals surface area contributed by atoms with Gasteiger partial charge in [0.05, 0.1) is 6.61 Å². The van der Waals surface area contributed by atoms with Gasteiger partial charge in [-0.2, -0.15) is 5.26 Å². The minimum absolute atomic E-state index is 0.278. The first-order chi connectivity index (χ1) is 10.6. The Morgan fingerprint density at radius 3 is 2.59 bits per heavy atom. The monoisotopic (exact) mass is 304 g/mol. The number of amides is 1. The number of unbranched alkanes of at least 4 members (excludes halogenated alkanes) is 1. The molecule has 0 unspecified atom stereocenters. The highest BCUT2D eigenvalue weighted by Crippen LogP contribution is 2.12. The van der Waals surface area contributed by atoms with Crippen molar-refractivity contribution in [2.45, 2.75) is 32.8 Å². The summed E-state index contributed by atoms with van der Waals surface area (Å²) in [5.74, 6) is -0.337. The van der Waals surface area contributed by atoms with Crippen molar-refractivity contribution < 1.29 is 19.1 Å². The maximum atomic E-state index is 11.9. The predicted molar refractivity (Wildman–Crippen MR) is 80.3 cm³/mol. The Kier molecular flexibility index (Phi) is 7.48. The molecule has 1 aromatic carbocycles. The van der Waals surface area contributed by atoms with Crippen LogP contribution in [0.25, 0.3) is 0 Å². The maximum absolute atomic E-state index is 11.9. The zero-order valence-electron chi connectivity index (χ0n) is 12.8. The van der Waals surface area contributed by atoms with Crippen LogP contribution < -0.4 is 10.1 Å². The molecule has 6 nitrogen and oxygen atoms in total. The quantitative estimate of drug-likeness (QED) is 0.586. The van der Waals surface area contributed by atoms with Gasteiger partial charge in [-0.3, -0.25) is 9.59 Å². The van der Waals surface area contributed by atoms with E-state index in [2.05, 4.69) is 12.2 Å². The summed E-state index contributed by atoms with van der Waals surface area (Å²) < 4.78 is 10.2. The number of esters is 1. The number of carbonyl (C=O) groups is 2. The highest BCUT2D eigenvalue weighted by Gasteiger charge is 2.11. The molecule has 6 heteroatoms. The Labute approximate surface area is 130 Å². The van der Waals surface area contributed by atoms with Crippen LogP contribution in [0.1, 0.15) is 37.0 Å². The second-order valence-electron chi connectivity index (χ2n) is 4.67. The summed E-state index contributed by atoms with van der Waals surface area (Å²) in [7, 11) is 0. The number of benzene rings is 1. The summed E-state index contributed by atoms with van der Waals surface area (Å²) in [4.78, 5) is 23.2. The number of nitriles is 1. The summed E-state index contributed by atoms with van der Waals surface area (Å²) in [6.45, 7) is 3.90. The largest absolute Gasteiger partial charge is 0.494 e. The molecule has 0 aromatic heterocycles. The van der Waals surface area contributed by atoms with Crippen molar-refractivity contribution in [1.82, 2.24) is 5.32 Å². The van der Waals surface area contributed by atoms with Crippen molar-refractivity contribution in [1.29, 1.82) is 5.26 Å². The van der Waals surface area contributed by atoms with Crippen LogP contribution in [-0.4, -0.2) is 31.1 Å². The zero-order valence-corrected chi connectivity index (χ0v) is 12.8. The smallest absolute Gasteiger partial charge is 0.326 e. The van der Waals surface area contributed by atoms with E-state index in [1.165, 1.54) is 6.92 Å². The number of hydrogen-bond acceptors (Lipinski definition) is 5. The van der Waals surface area contributed by atoms with Crippen LogP contribution in [0.2, 0.25) is 0 Å². The molecule has 0 spiro atoms. The summed E-state index contributed by atoms with van der Waals surface area (Å²) in [6.07, 6.45) is 1.20. The van der Waals surface area contributed by atoms with Crippen molar-refractivity contribution in [3.05, 3.63) is 29.8 Å². The number of nitrogens with zero attached hydrogens (tertiary/aromatic N) is 1. The Morgan fingerprint density at radius 1 is 1.32 bits per heavy atom. The molecule has 0 aliphatic rings. The highest BCUT2D eigenvalue weighted by molar-refractivity contribution is 5.96. The van der Waals surface area contributed by atoms with Crippen LogP contribution in [0, 0.1) is 11.3 Å². The lowest BCUT2D eigenvalue weighted by Crippen LogP contribution is -2.31. The first kappa shape index (κ1) is 17.5. The third-order valence-corrected chi connectivity index (χ3v) is 2.77. The lowest BCUT2D eigenvalue weighted by molar-refractivity contribution is -0.144. The van der Waals surface area contributed by atoms with E-state index in [1.54, 1.807) is 30.3 Å². The SMILES string of the molecule is CCCCOc1ccc(C(=O)NCC(=O)O[C@H](C)C#N)cc1. The molecule has 1 atom stereocenters. The van der Waals surface area contributed by atoms with Crippen LogP contribution in [0.3, 0.4) is 0 Å². The van der Waals surface area contributed by atoms with Crippen molar-refractivity contribution in [2.75, 3.05) is 13.2 Å². The Hall–Kier alpha value is -2.55. The third kappa shape index (κ3) is 6.27. The van der Waals surface area contributed by atoms with E-state index in [9.17, 15) is 9.59 Å². The van der Waals surface area contributed by atoms with E-state index in [-0.39, 0.29) is 12.5 Å². The van der Waals surface area contributed by atoms with Crippen molar-refractivity contribution in [3.63, 3.8) is 0 Å². The summed E-state index contributed by atoms with van der Waals surface area (Å²) in [5.41, 5.74) is 0.420. The van der Waals surface area contributed by atoms with Crippen LogP contribution in [0.4, 0.5) is 0 Å². The first-order valence-electron chi connectivity index (χ1n) is 7.17. The van der Waals surface area contributed by atoms with Crippen LogP contribution in [0.15, 0.2) is 24.3 Å². The molecule has 0 saturated heterocycles. The molecular formula is C16H20N2O4. The molecule has 0 aliphatic heterocycles. The van der Waals surface area contributed by atoms with E-state index in [0.29, 0.717) is 17.9 Å². The van der Waals surface area contributed by atoms with Crippen molar-refractivity contribution in [3.8, 4) is 11.8 Å². The van der Waals surface area contributed by atoms with E-state index in [1.807, 2.05) is 0 Å². The van der Waals surface area contributed by atoms with Crippen LogP contribution in [0.5, 0.6) is 5.75 Å². The molecule has 0 bridgehead atoms. The molecule has 1 aromatic rings. The van der Waals surface area contributed by atoms with E-state index in [4.69, 9.17) is 14.7 Å². The minimum Gasteiger partial charge on any atom is -0.494 e. The van der Waals surface area contributed by atoms with Gasteiger partial charge >= 0.3 is 5.97 Å². The number of rotatable bonds is 8. The summed E-state index contributed by atoms with van der Waals surface area (Å²) >= 11 is 0. The molecule has 1 rings (SSSR count). The predicted octanol–water partition coefficient (Wildman–Crippen LogP) is 2.05. The van der Waals surface area contributed by atoms with E-state index >= 15 is 0 Å². The molecule has 0 radical (unpaired) electrons. The van der Waals surface area contributed by atoms with Gasteiger partial charge in [0.15, 0.2) is 6.10 Å². The lowest BCUT2D eigenvalue weighted by atomic mass is 10.2. The Balaban J connectivity index is 2.42. The zero-order chi connectivity index (χ0) is 16.4. The van der Waals surface area contributed by atoms with Crippen molar-refractivity contribution in [2.24, 2.45) is 0 Å². The van der Waals surface area contributed by atoms with Gasteiger partial charge in [0.1, 0.15) is 18.4 Å². The van der Waals surface area contributed by atoms with Gasteiger partial charge in [0.25, 0.3) is 5.91 Å². The fourth-order valence-electron chi connectivity index (χ4n) is 1.56. The Bertz CT molecular complexity index is 534. The minimum atomic E-state index is -0.830. The van der Waals surface area contributed by atoms with Gasteiger partial charge in [-0.15, -0.1) is 0 Å². The van der Waals surface area contributed by atoms with Gasteiger partial charge in [-0.1, -0.05) is 13.3 Å². The number of carbonyl (C=O) groups excluding carboxylic acids is 2. The molecule has 1 amide bonds. The average Bonchev–Trinajstić information content (AvgIpc) is 2.53. The van der Waals surface area contributed by atoms with E-state index in [0.717, 1.165) is 12.8 Å². The normalized spacial score (nSPS) is 11.1. The van der Waals surface area contributed by atoms with Gasteiger partial charge in [0.2, 0.25) is 0 Å². The van der Waals surface area contributed by atoms with Crippen molar-refractivity contribution >= 4 is 11.9 Å². The summed E-state index contributed by atoms with van der Waals surface area (Å²) in [6, 6.07) is 8.44. The molecule has 118 valence electrons. The fraction of sp³-hybridized carbons (Fsp3) is 0.438. The standard InChI is InChI=1S/C16H20N2O4/c1-3-4-9-21-14-7-5-13(6-8-14)16(20)18-11-15(19)22-12(2)10-17/h5-8,12H,3-4,9,11H2,1-2H3,(H,18,20)/t12-/m1/s1.